The van der Waals surface area contributed by atoms with Gasteiger partial charge in [0.1, 0.15) is 11.1 Å². The van der Waals surface area contributed by atoms with E-state index in [1.165, 1.54) is 11.3 Å². The van der Waals surface area contributed by atoms with E-state index in [1.807, 2.05) is 30.3 Å². The number of aromatic nitrogens is 1. The fourth-order valence-corrected chi connectivity index (χ4v) is 5.46. The average Bonchev–Trinajstić information content (AvgIpc) is 3.24. The summed E-state index contributed by atoms with van der Waals surface area (Å²) in [5.41, 5.74) is 0.652. The quantitative estimate of drug-likeness (QED) is 0.343. The second kappa shape index (κ2) is 9.72. The minimum absolute atomic E-state index is 0.0144. The Bertz CT molecular complexity index is 1360. The van der Waals surface area contributed by atoms with Gasteiger partial charge in [-0.1, -0.05) is 45.5 Å². The Labute approximate surface area is 202 Å². The number of ether oxygens (including phenoxy) is 1. The molecule has 0 unspecified atom stereocenters. The third kappa shape index (κ3) is 4.86. The van der Waals surface area contributed by atoms with Gasteiger partial charge in [-0.3, -0.25) is 14.6 Å². The van der Waals surface area contributed by atoms with Crippen LogP contribution in [0.15, 0.2) is 62.2 Å². The molecule has 0 N–H and O–H groups in total. The van der Waals surface area contributed by atoms with Crippen molar-refractivity contribution in [3.63, 3.8) is 0 Å². The normalized spacial score (nSPS) is 14.7. The number of hydrogen-bond acceptors (Lipinski definition) is 7. The lowest BCUT2D eigenvalue weighted by Gasteiger charge is -2.27. The van der Waals surface area contributed by atoms with Gasteiger partial charge in [-0.15, -0.1) is 0 Å². The molecule has 2 aromatic heterocycles. The van der Waals surface area contributed by atoms with Crippen LogP contribution >= 0.6 is 27.3 Å². The fourth-order valence-electron chi connectivity index (χ4n) is 3.92. The van der Waals surface area contributed by atoms with E-state index in [1.54, 1.807) is 23.1 Å². The van der Waals surface area contributed by atoms with Gasteiger partial charge in [-0.05, 0) is 36.8 Å². The lowest BCUT2D eigenvalue weighted by molar-refractivity contribution is 0.0376. The maximum Gasteiger partial charge on any atom is 0.349 e. The summed E-state index contributed by atoms with van der Waals surface area (Å²) >= 11 is 4.93. The third-order valence-electron chi connectivity index (χ3n) is 5.65. The number of hydrogen-bond donors (Lipinski definition) is 0. The minimum Gasteiger partial charge on any atom is -0.422 e. The second-order valence-electron chi connectivity index (χ2n) is 7.86. The number of benzene rings is 2. The highest BCUT2D eigenvalue weighted by Gasteiger charge is 2.25. The van der Waals surface area contributed by atoms with Crippen molar-refractivity contribution in [2.24, 2.45) is 0 Å². The van der Waals surface area contributed by atoms with Crippen LogP contribution in [-0.2, 0) is 4.74 Å². The van der Waals surface area contributed by atoms with Gasteiger partial charge in [0.25, 0.3) is 5.91 Å². The summed E-state index contributed by atoms with van der Waals surface area (Å²) in [7, 11) is 0. The number of thiazole rings is 1. The highest BCUT2D eigenvalue weighted by atomic mass is 79.9. The largest absolute Gasteiger partial charge is 0.422 e. The standard InChI is InChI=1S/C24H22BrN3O4S/c25-17-6-7-19-21(15-17)33-24(26-19)28(9-3-8-27-10-12-31-13-11-27)22(29)18-14-16-4-1-2-5-20(16)32-23(18)30/h1-2,4-7,14-15H,3,8-13H2. The number of para-hydroxylation sites is 1. The monoisotopic (exact) mass is 527 g/mol. The maximum absolute atomic E-state index is 13.6. The number of rotatable bonds is 6. The molecule has 1 fully saturated rings. The fraction of sp³-hybridized carbons (Fsp3) is 0.292. The van der Waals surface area contributed by atoms with Crippen LogP contribution in [0.1, 0.15) is 16.8 Å². The van der Waals surface area contributed by atoms with Crippen LogP contribution in [0.5, 0.6) is 0 Å². The van der Waals surface area contributed by atoms with Crippen LogP contribution in [0.25, 0.3) is 21.2 Å². The molecule has 1 aliphatic rings. The van der Waals surface area contributed by atoms with Crippen molar-refractivity contribution in [1.82, 2.24) is 9.88 Å². The van der Waals surface area contributed by atoms with E-state index in [0.717, 1.165) is 54.0 Å². The molecular weight excluding hydrogens is 506 g/mol. The highest BCUT2D eigenvalue weighted by Crippen LogP contribution is 2.32. The van der Waals surface area contributed by atoms with E-state index in [2.05, 4.69) is 20.8 Å². The first-order valence-corrected chi connectivity index (χ1v) is 12.4. The summed E-state index contributed by atoms with van der Waals surface area (Å²) in [6.45, 7) is 4.52. The van der Waals surface area contributed by atoms with E-state index in [0.29, 0.717) is 22.6 Å². The van der Waals surface area contributed by atoms with Gasteiger partial charge < -0.3 is 9.15 Å². The molecule has 170 valence electrons. The molecule has 0 spiro atoms. The first kappa shape index (κ1) is 22.2. The maximum atomic E-state index is 13.6. The van der Waals surface area contributed by atoms with E-state index in [4.69, 9.17) is 14.1 Å². The zero-order chi connectivity index (χ0) is 22.8. The van der Waals surface area contributed by atoms with Gasteiger partial charge in [0.2, 0.25) is 0 Å². The Hall–Kier alpha value is -2.59. The molecule has 1 saturated heterocycles. The molecule has 0 atom stereocenters. The molecule has 4 aromatic rings. The first-order valence-electron chi connectivity index (χ1n) is 10.8. The number of halogens is 1. The van der Waals surface area contributed by atoms with Gasteiger partial charge in [-0.2, -0.15) is 0 Å². The Kier molecular flexibility index (Phi) is 6.55. The zero-order valence-electron chi connectivity index (χ0n) is 17.8. The molecule has 0 saturated carbocycles. The van der Waals surface area contributed by atoms with E-state index >= 15 is 0 Å². The Morgan fingerprint density at radius 3 is 2.82 bits per heavy atom. The van der Waals surface area contributed by atoms with Crippen molar-refractivity contribution in [2.45, 2.75) is 6.42 Å². The van der Waals surface area contributed by atoms with E-state index in [-0.39, 0.29) is 5.56 Å². The smallest absolute Gasteiger partial charge is 0.349 e. The topological polar surface area (TPSA) is 75.9 Å². The third-order valence-corrected chi connectivity index (χ3v) is 7.18. The van der Waals surface area contributed by atoms with Crippen LogP contribution in [0.3, 0.4) is 0 Å². The lowest BCUT2D eigenvalue weighted by Crippen LogP contribution is -2.40. The van der Waals surface area contributed by atoms with Crippen molar-refractivity contribution < 1.29 is 13.9 Å². The Balaban J connectivity index is 1.47. The Morgan fingerprint density at radius 1 is 1.15 bits per heavy atom. The number of carbonyl (C=O) groups is 1. The summed E-state index contributed by atoms with van der Waals surface area (Å²) in [6, 6.07) is 14.6. The Morgan fingerprint density at radius 2 is 1.97 bits per heavy atom. The van der Waals surface area contributed by atoms with Gasteiger partial charge in [0.15, 0.2) is 5.13 Å². The summed E-state index contributed by atoms with van der Waals surface area (Å²) < 4.78 is 12.8. The van der Waals surface area contributed by atoms with Crippen LogP contribution in [-0.4, -0.2) is 55.2 Å². The van der Waals surface area contributed by atoms with Gasteiger partial charge in [-0.25, -0.2) is 9.78 Å². The van der Waals surface area contributed by atoms with E-state index in [9.17, 15) is 9.59 Å². The van der Waals surface area contributed by atoms with Crippen molar-refractivity contribution in [3.05, 3.63) is 69.0 Å². The summed E-state index contributed by atoms with van der Waals surface area (Å²) in [5.74, 6) is -0.394. The predicted octanol–water partition coefficient (Wildman–Crippen LogP) is 4.53. The number of morpholine rings is 1. The van der Waals surface area contributed by atoms with Crippen LogP contribution in [0, 0.1) is 0 Å². The predicted molar refractivity (Wildman–Crippen MR) is 133 cm³/mol. The lowest BCUT2D eigenvalue weighted by atomic mass is 10.1. The summed E-state index contributed by atoms with van der Waals surface area (Å²) in [4.78, 5) is 34.9. The van der Waals surface area contributed by atoms with Crippen LogP contribution in [0.4, 0.5) is 5.13 Å². The molecule has 1 aliphatic heterocycles. The van der Waals surface area contributed by atoms with Crippen molar-refractivity contribution >= 4 is 59.5 Å². The van der Waals surface area contributed by atoms with Crippen LogP contribution < -0.4 is 10.5 Å². The average molecular weight is 528 g/mol. The minimum atomic E-state index is -0.638. The molecule has 9 heteroatoms. The molecular formula is C24H22BrN3O4S. The van der Waals surface area contributed by atoms with Gasteiger partial charge >= 0.3 is 5.63 Å². The number of nitrogens with zero attached hydrogens (tertiary/aromatic N) is 3. The van der Waals surface area contributed by atoms with Crippen molar-refractivity contribution in [2.75, 3.05) is 44.3 Å². The first-order chi connectivity index (χ1) is 16.1. The molecule has 0 radical (unpaired) electrons. The number of amides is 1. The zero-order valence-corrected chi connectivity index (χ0v) is 20.2. The second-order valence-corrected chi connectivity index (χ2v) is 9.78. The van der Waals surface area contributed by atoms with E-state index < -0.39 is 11.5 Å². The molecule has 0 bridgehead atoms. The SMILES string of the molecule is O=C(c1cc2ccccc2oc1=O)N(CCCN1CCOCC1)c1nc2ccc(Br)cc2s1. The van der Waals surface area contributed by atoms with Crippen LogP contribution in [0.2, 0.25) is 0 Å². The number of carbonyl (C=O) groups excluding carboxylic acids is 1. The number of fused-ring (bicyclic) bond motifs is 2. The number of anilines is 1. The molecule has 5 rings (SSSR count). The summed E-state index contributed by atoms with van der Waals surface area (Å²) in [5, 5.41) is 1.28. The van der Waals surface area contributed by atoms with Crippen molar-refractivity contribution in [3.8, 4) is 0 Å². The van der Waals surface area contributed by atoms with Crippen molar-refractivity contribution in [1.29, 1.82) is 0 Å². The van der Waals surface area contributed by atoms with Gasteiger partial charge in [0, 0.05) is 36.0 Å². The molecule has 0 aliphatic carbocycles. The summed E-state index contributed by atoms with van der Waals surface area (Å²) in [6.07, 6.45) is 0.754. The molecule has 3 heterocycles. The molecule has 7 nitrogen and oxygen atoms in total. The molecule has 2 aromatic carbocycles. The molecule has 1 amide bonds. The molecule has 33 heavy (non-hydrogen) atoms. The van der Waals surface area contributed by atoms with Gasteiger partial charge in [0.05, 0.1) is 23.4 Å². The highest BCUT2D eigenvalue weighted by molar-refractivity contribution is 9.10.